The summed E-state index contributed by atoms with van der Waals surface area (Å²) >= 11 is 0. The molecule has 1 aliphatic carbocycles. The summed E-state index contributed by atoms with van der Waals surface area (Å²) in [6, 6.07) is 21.0. The number of aliphatic hydroxyl groups is 1. The number of rotatable bonds is 12. The molecule has 0 spiro atoms. The highest BCUT2D eigenvalue weighted by molar-refractivity contribution is 5.37. The van der Waals surface area contributed by atoms with Crippen molar-refractivity contribution in [1.29, 1.82) is 0 Å². The lowest BCUT2D eigenvalue weighted by atomic mass is 9.96. The van der Waals surface area contributed by atoms with Crippen molar-refractivity contribution < 1.29 is 5.11 Å². The molecule has 3 rings (SSSR count). The van der Waals surface area contributed by atoms with Crippen LogP contribution in [0.3, 0.4) is 0 Å². The van der Waals surface area contributed by atoms with Gasteiger partial charge in [-0.2, -0.15) is 0 Å². The van der Waals surface area contributed by atoms with Crippen molar-refractivity contribution in [2.75, 3.05) is 13.2 Å². The first kappa shape index (κ1) is 24.6. The molecule has 2 aromatic rings. The summed E-state index contributed by atoms with van der Waals surface area (Å²) in [5.74, 6) is 8.35. The van der Waals surface area contributed by atoms with Crippen LogP contribution in [0, 0.1) is 43.4 Å². The number of hydrogen-bond donors (Lipinski definition) is 1. The van der Waals surface area contributed by atoms with E-state index in [1.807, 2.05) is 18.2 Å². The molecule has 0 unspecified atom stereocenters. The average Bonchev–Trinajstić information content (AvgIpc) is 3.35. The monoisotopic (exact) mass is 426 g/mol. The second-order valence-corrected chi connectivity index (χ2v) is 8.39. The molecular weight excluding hydrogens is 390 g/mol. The van der Waals surface area contributed by atoms with Crippen molar-refractivity contribution in [3.8, 4) is 11.8 Å². The van der Waals surface area contributed by atoms with Crippen LogP contribution in [0.4, 0.5) is 0 Å². The fraction of sp³-hybridized carbons (Fsp3) is 0.367. The summed E-state index contributed by atoms with van der Waals surface area (Å²) < 4.78 is 0. The molecule has 0 bridgehead atoms. The van der Waals surface area contributed by atoms with E-state index in [0.717, 1.165) is 37.8 Å². The maximum atomic E-state index is 10.5. The molecule has 1 aliphatic rings. The van der Waals surface area contributed by atoms with Crippen LogP contribution in [0.15, 0.2) is 60.7 Å². The smallest absolute Gasteiger partial charge is 0.0723 e. The van der Waals surface area contributed by atoms with Crippen molar-refractivity contribution in [2.24, 2.45) is 0 Å². The number of unbranched alkanes of at least 4 members (excludes halogenated alkanes) is 3. The van der Waals surface area contributed by atoms with E-state index in [4.69, 9.17) is 0 Å². The Labute approximate surface area is 196 Å². The van der Waals surface area contributed by atoms with Gasteiger partial charge < -0.3 is 5.11 Å². The minimum absolute atomic E-state index is 0.0732. The first-order chi connectivity index (χ1) is 15.8. The van der Waals surface area contributed by atoms with E-state index < -0.39 is 0 Å². The quantitative estimate of drug-likeness (QED) is 0.332. The first-order valence-electron chi connectivity index (χ1n) is 12.0. The Kier molecular flexibility index (Phi) is 10.9. The molecule has 5 radical (unpaired) electrons. The van der Waals surface area contributed by atoms with E-state index >= 15 is 0 Å². The molecule has 0 amide bonds. The van der Waals surface area contributed by atoms with Gasteiger partial charge in [-0.15, -0.1) is 5.92 Å². The van der Waals surface area contributed by atoms with E-state index in [1.54, 1.807) is 0 Å². The van der Waals surface area contributed by atoms with Crippen LogP contribution in [0.25, 0.3) is 0 Å². The predicted molar refractivity (Wildman–Crippen MR) is 134 cm³/mol. The highest BCUT2D eigenvalue weighted by Gasteiger charge is 2.30. The zero-order valence-corrected chi connectivity index (χ0v) is 19.3. The van der Waals surface area contributed by atoms with Gasteiger partial charge in [0.15, 0.2) is 0 Å². The normalized spacial score (nSPS) is 16.0. The van der Waals surface area contributed by atoms with Gasteiger partial charge in [-0.1, -0.05) is 86.3 Å². The van der Waals surface area contributed by atoms with Gasteiger partial charge in [-0.05, 0) is 62.0 Å². The minimum atomic E-state index is -0.0863. The van der Waals surface area contributed by atoms with E-state index in [0.29, 0.717) is 0 Å². The Morgan fingerprint density at radius 3 is 2.25 bits per heavy atom. The SMILES string of the molecule is CCCCCC#C[C@@H](CCc1ccccc1)N(C[C]1[CH][CH][CH][CH]1)[C@@H](CO)c1ccccc1. The zero-order valence-electron chi connectivity index (χ0n) is 19.3. The molecule has 1 N–H and O–H groups in total. The summed E-state index contributed by atoms with van der Waals surface area (Å²) in [6.07, 6.45) is 14.9. The highest BCUT2D eigenvalue weighted by Crippen LogP contribution is 2.31. The number of nitrogens with zero attached hydrogens (tertiary/aromatic N) is 1. The van der Waals surface area contributed by atoms with E-state index in [1.165, 1.54) is 24.3 Å². The average molecular weight is 427 g/mol. The molecule has 2 aromatic carbocycles. The van der Waals surface area contributed by atoms with Crippen molar-refractivity contribution in [1.82, 2.24) is 4.90 Å². The van der Waals surface area contributed by atoms with Gasteiger partial charge >= 0.3 is 0 Å². The summed E-state index contributed by atoms with van der Waals surface area (Å²) in [7, 11) is 0. The molecule has 2 atom stereocenters. The molecule has 2 heteroatoms. The minimum Gasteiger partial charge on any atom is -0.394 e. The summed E-state index contributed by atoms with van der Waals surface area (Å²) in [5, 5.41) is 10.5. The van der Waals surface area contributed by atoms with E-state index in [-0.39, 0.29) is 18.7 Å². The molecule has 1 fully saturated rings. The fourth-order valence-electron chi connectivity index (χ4n) is 4.17. The van der Waals surface area contributed by atoms with Gasteiger partial charge in [0.2, 0.25) is 0 Å². The van der Waals surface area contributed by atoms with Crippen LogP contribution in [-0.4, -0.2) is 29.2 Å². The second kappa shape index (κ2) is 14.1. The first-order valence-corrected chi connectivity index (χ1v) is 12.0. The van der Waals surface area contributed by atoms with Crippen LogP contribution < -0.4 is 0 Å². The van der Waals surface area contributed by atoms with Crippen LogP contribution in [-0.2, 0) is 6.42 Å². The molecule has 0 heterocycles. The molecular formula is C30H36NO. The largest absolute Gasteiger partial charge is 0.394 e. The fourth-order valence-corrected chi connectivity index (χ4v) is 4.17. The van der Waals surface area contributed by atoms with Crippen molar-refractivity contribution >= 4 is 0 Å². The van der Waals surface area contributed by atoms with Gasteiger partial charge in [0.05, 0.1) is 18.7 Å². The topological polar surface area (TPSA) is 23.5 Å². The zero-order chi connectivity index (χ0) is 22.4. The molecule has 0 saturated heterocycles. The Bertz CT molecular complexity index is 801. The summed E-state index contributed by atoms with van der Waals surface area (Å²) in [4.78, 5) is 2.40. The highest BCUT2D eigenvalue weighted by atomic mass is 16.3. The van der Waals surface area contributed by atoms with Gasteiger partial charge in [0.25, 0.3) is 0 Å². The van der Waals surface area contributed by atoms with Crippen LogP contribution in [0.5, 0.6) is 0 Å². The van der Waals surface area contributed by atoms with Gasteiger partial charge in [0.1, 0.15) is 0 Å². The van der Waals surface area contributed by atoms with Gasteiger partial charge in [-0.25, -0.2) is 0 Å². The second-order valence-electron chi connectivity index (χ2n) is 8.39. The lowest BCUT2D eigenvalue weighted by Crippen LogP contribution is -2.42. The maximum Gasteiger partial charge on any atom is 0.0723 e. The summed E-state index contributed by atoms with van der Waals surface area (Å²) in [6.45, 7) is 3.07. The van der Waals surface area contributed by atoms with E-state index in [9.17, 15) is 5.11 Å². The molecule has 167 valence electrons. The Morgan fingerprint density at radius 2 is 1.59 bits per heavy atom. The lowest BCUT2D eigenvalue weighted by molar-refractivity contribution is 0.105. The molecule has 0 aliphatic heterocycles. The number of aliphatic hydroxyl groups excluding tert-OH is 1. The van der Waals surface area contributed by atoms with E-state index in [2.05, 4.69) is 91.8 Å². The Balaban J connectivity index is 1.84. The Morgan fingerprint density at radius 1 is 0.906 bits per heavy atom. The molecule has 0 aromatic heterocycles. The molecule has 32 heavy (non-hydrogen) atoms. The van der Waals surface area contributed by atoms with Crippen molar-refractivity contribution in [3.63, 3.8) is 0 Å². The maximum absolute atomic E-state index is 10.5. The third-order valence-corrected chi connectivity index (χ3v) is 5.98. The summed E-state index contributed by atoms with van der Waals surface area (Å²) in [5.41, 5.74) is 2.47. The van der Waals surface area contributed by atoms with Crippen LogP contribution >= 0.6 is 0 Å². The van der Waals surface area contributed by atoms with Gasteiger partial charge in [-0.3, -0.25) is 4.90 Å². The van der Waals surface area contributed by atoms with Crippen LogP contribution in [0.2, 0.25) is 0 Å². The standard InChI is InChI=1S/C30H36NO/c1-2-3-4-5-12-21-29(23-22-26-15-8-6-9-16-26)31(24-27-17-13-14-18-27)30(25-32)28-19-10-7-11-20-28/h6-11,13-20,29-30,32H,2-5,22-25H2,1H3/t29-,30-/m0/s1. The van der Waals surface area contributed by atoms with Crippen LogP contribution in [0.1, 0.15) is 56.2 Å². The molecule has 2 nitrogen and oxygen atoms in total. The van der Waals surface area contributed by atoms with Gasteiger partial charge in [0, 0.05) is 13.0 Å². The third-order valence-electron chi connectivity index (χ3n) is 5.98. The third kappa shape index (κ3) is 7.80. The lowest BCUT2D eigenvalue weighted by Gasteiger charge is -2.37. The number of benzene rings is 2. The predicted octanol–water partition coefficient (Wildman–Crippen LogP) is 6.01. The Hall–Kier alpha value is -2.08. The number of aryl methyl sites for hydroxylation is 1. The molecule has 1 saturated carbocycles. The van der Waals surface area contributed by atoms with Crippen molar-refractivity contribution in [3.05, 3.63) is 103 Å². The number of hydrogen-bond acceptors (Lipinski definition) is 2. The van der Waals surface area contributed by atoms with Crippen molar-refractivity contribution in [2.45, 2.75) is 57.5 Å².